The molecule has 1 atom stereocenters. The van der Waals surface area contributed by atoms with Gasteiger partial charge in [-0.1, -0.05) is 25.1 Å². The van der Waals surface area contributed by atoms with Gasteiger partial charge in [-0.15, -0.1) is 0 Å². The molecule has 3 nitrogen and oxygen atoms in total. The van der Waals surface area contributed by atoms with Crippen LogP contribution in [-0.4, -0.2) is 40.9 Å². The lowest BCUT2D eigenvalue weighted by atomic mass is 9.84. The van der Waals surface area contributed by atoms with Gasteiger partial charge in [0.1, 0.15) is 0 Å². The molecule has 1 fully saturated rings. The molecule has 1 rings (SSSR count). The van der Waals surface area contributed by atoms with Crippen LogP contribution in [0.25, 0.3) is 0 Å². The first kappa shape index (κ1) is 15.8. The van der Waals surface area contributed by atoms with Gasteiger partial charge in [0.15, 0.2) is 0 Å². The van der Waals surface area contributed by atoms with Crippen molar-refractivity contribution in [3.05, 3.63) is 0 Å². The Morgan fingerprint density at radius 1 is 1.50 bits per heavy atom. The van der Waals surface area contributed by atoms with Gasteiger partial charge in [-0.2, -0.15) is 11.8 Å². The summed E-state index contributed by atoms with van der Waals surface area (Å²) in [7, 11) is 1.88. The summed E-state index contributed by atoms with van der Waals surface area (Å²) in [6.07, 6.45) is 6.84. The van der Waals surface area contributed by atoms with E-state index in [4.69, 9.17) is 18.0 Å². The number of carbonyl (C=O) groups is 1. The average Bonchev–Trinajstić information content (AvgIpc) is 2.84. The summed E-state index contributed by atoms with van der Waals surface area (Å²) >= 11 is 6.97. The fourth-order valence-corrected chi connectivity index (χ4v) is 3.43. The van der Waals surface area contributed by atoms with E-state index in [0.29, 0.717) is 4.99 Å². The van der Waals surface area contributed by atoms with Crippen molar-refractivity contribution in [3.63, 3.8) is 0 Å². The highest BCUT2D eigenvalue weighted by Gasteiger charge is 2.45. The molecule has 104 valence electrons. The molecule has 0 aliphatic heterocycles. The Balaban J connectivity index is 2.74. The Hall–Kier alpha value is -0.290. The topological polar surface area (TPSA) is 46.3 Å². The maximum absolute atomic E-state index is 12.7. The molecule has 0 saturated heterocycles. The van der Waals surface area contributed by atoms with Crippen LogP contribution in [0.1, 0.15) is 39.0 Å². The Morgan fingerprint density at radius 2 is 2.06 bits per heavy atom. The van der Waals surface area contributed by atoms with Crippen molar-refractivity contribution < 1.29 is 4.79 Å². The summed E-state index contributed by atoms with van der Waals surface area (Å²) in [5, 5.41) is 0. The van der Waals surface area contributed by atoms with Crippen LogP contribution in [0, 0.1) is 5.41 Å². The summed E-state index contributed by atoms with van der Waals surface area (Å²) in [6, 6.07) is 0.247. The zero-order chi connectivity index (χ0) is 13.8. The van der Waals surface area contributed by atoms with Crippen LogP contribution in [0.2, 0.25) is 0 Å². The summed E-state index contributed by atoms with van der Waals surface area (Å²) in [5.74, 6) is 1.19. The lowest BCUT2D eigenvalue weighted by Crippen LogP contribution is -2.50. The van der Waals surface area contributed by atoms with Gasteiger partial charge in [-0.3, -0.25) is 4.79 Å². The molecule has 18 heavy (non-hydrogen) atoms. The number of nitrogens with two attached hydrogens (primary N) is 1. The van der Waals surface area contributed by atoms with E-state index in [1.54, 1.807) is 0 Å². The molecule has 0 aromatic rings. The van der Waals surface area contributed by atoms with Crippen molar-refractivity contribution >= 4 is 34.9 Å². The van der Waals surface area contributed by atoms with Gasteiger partial charge in [0.2, 0.25) is 5.91 Å². The van der Waals surface area contributed by atoms with Crippen molar-refractivity contribution in [3.8, 4) is 0 Å². The number of hydrogen-bond acceptors (Lipinski definition) is 3. The summed E-state index contributed by atoms with van der Waals surface area (Å²) in [6.45, 7) is 2.09. The van der Waals surface area contributed by atoms with Crippen molar-refractivity contribution in [2.24, 2.45) is 11.1 Å². The van der Waals surface area contributed by atoms with Gasteiger partial charge >= 0.3 is 0 Å². The van der Waals surface area contributed by atoms with Gasteiger partial charge in [-0.25, -0.2) is 0 Å². The van der Waals surface area contributed by atoms with Crippen LogP contribution < -0.4 is 5.73 Å². The van der Waals surface area contributed by atoms with E-state index >= 15 is 0 Å². The molecular formula is C13H24N2OS2. The van der Waals surface area contributed by atoms with Crippen LogP contribution in [0.5, 0.6) is 0 Å². The summed E-state index contributed by atoms with van der Waals surface area (Å²) in [5.41, 5.74) is 5.29. The minimum Gasteiger partial charge on any atom is -0.392 e. The lowest BCUT2D eigenvalue weighted by Gasteiger charge is -2.34. The molecule has 0 aromatic heterocycles. The zero-order valence-corrected chi connectivity index (χ0v) is 13.2. The molecule has 1 amide bonds. The summed E-state index contributed by atoms with van der Waals surface area (Å²) in [4.78, 5) is 14.9. The molecular weight excluding hydrogens is 264 g/mol. The van der Waals surface area contributed by atoms with Gasteiger partial charge in [0.25, 0.3) is 0 Å². The predicted octanol–water partition coefficient (Wildman–Crippen LogP) is 2.43. The normalized spacial score (nSPS) is 19.5. The van der Waals surface area contributed by atoms with E-state index in [1.165, 1.54) is 0 Å². The number of thioether (sulfide) groups is 1. The van der Waals surface area contributed by atoms with Gasteiger partial charge in [-0.05, 0) is 38.2 Å². The van der Waals surface area contributed by atoms with Gasteiger partial charge < -0.3 is 10.6 Å². The van der Waals surface area contributed by atoms with Crippen LogP contribution >= 0.6 is 24.0 Å². The molecule has 0 radical (unpaired) electrons. The third kappa shape index (κ3) is 3.18. The average molecular weight is 288 g/mol. The number of nitrogens with zero attached hydrogens (tertiary/aromatic N) is 1. The van der Waals surface area contributed by atoms with Crippen molar-refractivity contribution in [1.29, 1.82) is 0 Å². The number of amides is 1. The lowest BCUT2D eigenvalue weighted by molar-refractivity contribution is -0.138. The highest BCUT2D eigenvalue weighted by atomic mass is 32.2. The molecule has 5 heteroatoms. The van der Waals surface area contributed by atoms with Crippen LogP contribution in [0.15, 0.2) is 0 Å². The van der Waals surface area contributed by atoms with E-state index in [9.17, 15) is 4.79 Å². The number of carbonyl (C=O) groups excluding carboxylic acids is 1. The third-order valence-corrected chi connectivity index (χ3v) is 5.09. The van der Waals surface area contributed by atoms with E-state index in [0.717, 1.165) is 37.9 Å². The number of thiocarbonyl (C=S) groups is 1. The van der Waals surface area contributed by atoms with Crippen molar-refractivity contribution in [2.45, 2.75) is 45.1 Å². The first-order valence-electron chi connectivity index (χ1n) is 6.52. The molecule has 2 N–H and O–H groups in total. The van der Waals surface area contributed by atoms with Crippen molar-refractivity contribution in [2.75, 3.05) is 19.1 Å². The van der Waals surface area contributed by atoms with Gasteiger partial charge in [0, 0.05) is 13.1 Å². The molecule has 1 saturated carbocycles. The Labute approximate surface area is 120 Å². The molecule has 0 bridgehead atoms. The first-order chi connectivity index (χ1) is 8.45. The predicted molar refractivity (Wildman–Crippen MR) is 82.9 cm³/mol. The monoisotopic (exact) mass is 288 g/mol. The third-order valence-electron chi connectivity index (χ3n) is 4.06. The fraction of sp³-hybridized carbons (Fsp3) is 0.846. The van der Waals surface area contributed by atoms with E-state index < -0.39 is 5.41 Å². The van der Waals surface area contributed by atoms with Gasteiger partial charge in [0.05, 0.1) is 10.4 Å². The Bertz CT molecular complexity index is 314. The van der Waals surface area contributed by atoms with Crippen LogP contribution in [0.4, 0.5) is 0 Å². The molecule has 1 unspecified atom stereocenters. The molecule has 0 heterocycles. The van der Waals surface area contributed by atoms with Crippen molar-refractivity contribution in [1.82, 2.24) is 4.90 Å². The quantitative estimate of drug-likeness (QED) is 0.763. The van der Waals surface area contributed by atoms with E-state index in [-0.39, 0.29) is 11.9 Å². The molecule has 1 aliphatic rings. The maximum Gasteiger partial charge on any atom is 0.235 e. The number of rotatable bonds is 6. The Morgan fingerprint density at radius 3 is 2.50 bits per heavy atom. The standard InChI is InChI=1S/C13H24N2OS2/c1-10(6-9-18-3)15(2)12(16)13(11(14)17)7-4-5-8-13/h10H,4-9H2,1-3H3,(H2,14,17). The minimum absolute atomic E-state index is 0.126. The summed E-state index contributed by atoms with van der Waals surface area (Å²) < 4.78 is 0. The van der Waals surface area contributed by atoms with E-state index in [1.807, 2.05) is 23.7 Å². The highest BCUT2D eigenvalue weighted by Crippen LogP contribution is 2.40. The first-order valence-corrected chi connectivity index (χ1v) is 8.32. The zero-order valence-electron chi connectivity index (χ0n) is 11.6. The molecule has 0 aromatic carbocycles. The largest absolute Gasteiger partial charge is 0.392 e. The Kier molecular flexibility index (Phi) is 5.92. The van der Waals surface area contributed by atoms with E-state index in [2.05, 4.69) is 13.2 Å². The second-order valence-corrected chi connectivity index (χ2v) is 6.63. The smallest absolute Gasteiger partial charge is 0.235 e. The molecule has 1 aliphatic carbocycles. The number of hydrogen-bond donors (Lipinski definition) is 1. The fourth-order valence-electron chi connectivity index (χ4n) is 2.56. The second-order valence-electron chi connectivity index (χ2n) is 5.20. The highest BCUT2D eigenvalue weighted by molar-refractivity contribution is 7.98. The van der Waals surface area contributed by atoms with Crippen LogP contribution in [-0.2, 0) is 4.79 Å². The molecule has 0 spiro atoms. The minimum atomic E-state index is -0.558. The SMILES string of the molecule is CSCCC(C)N(C)C(=O)C1(C(N)=S)CCCC1. The second kappa shape index (κ2) is 6.75. The van der Waals surface area contributed by atoms with Crippen LogP contribution in [0.3, 0.4) is 0 Å². The maximum atomic E-state index is 12.7.